The van der Waals surface area contributed by atoms with Gasteiger partial charge in [-0.05, 0) is 42.7 Å². The zero-order chi connectivity index (χ0) is 22.4. The topological polar surface area (TPSA) is 74.7 Å². The average Bonchev–Trinajstić information content (AvgIpc) is 2.78. The highest BCUT2D eigenvalue weighted by Crippen LogP contribution is 2.32. The summed E-state index contributed by atoms with van der Waals surface area (Å²) in [6.45, 7) is 0.717. The summed E-state index contributed by atoms with van der Waals surface area (Å²) in [5, 5.41) is 11.4. The van der Waals surface area contributed by atoms with Crippen LogP contribution in [-0.4, -0.2) is 36.8 Å². The molecule has 0 radical (unpaired) electrons. The van der Waals surface area contributed by atoms with Crippen molar-refractivity contribution in [2.45, 2.75) is 12.8 Å². The predicted octanol–water partition coefficient (Wildman–Crippen LogP) is 4.88. The summed E-state index contributed by atoms with van der Waals surface area (Å²) in [6.07, 6.45) is 4.96. The number of aryl methyl sites for hydroxylation is 1. The van der Waals surface area contributed by atoms with E-state index in [0.717, 1.165) is 37.0 Å². The maximum Gasteiger partial charge on any atom is 0.337 e. The monoisotopic (exact) mass is 427 g/mol. The third kappa shape index (κ3) is 5.48. The molecule has 4 rings (SSSR count). The first kappa shape index (κ1) is 22.0. The number of fused-ring (bicyclic) bond motifs is 1. The van der Waals surface area contributed by atoms with Crippen LogP contribution in [0.25, 0.3) is 0 Å². The van der Waals surface area contributed by atoms with Crippen molar-refractivity contribution in [1.82, 2.24) is 4.98 Å². The molecular weight excluding hydrogens is 404 g/mol. The minimum Gasteiger partial charge on any atom is -0.493 e. The van der Waals surface area contributed by atoms with Gasteiger partial charge in [-0.25, -0.2) is 13.6 Å². The molecule has 8 heteroatoms. The van der Waals surface area contributed by atoms with Crippen LogP contribution in [-0.2, 0) is 6.42 Å². The minimum atomic E-state index is -0.947. The number of nitrogens with one attached hydrogen (secondary N) is 1. The van der Waals surface area contributed by atoms with Crippen molar-refractivity contribution in [2.24, 2.45) is 0 Å². The average molecular weight is 427 g/mol. The van der Waals surface area contributed by atoms with E-state index < -0.39 is 17.6 Å². The Morgan fingerprint density at radius 3 is 2.52 bits per heavy atom. The highest BCUT2D eigenvalue weighted by atomic mass is 19.1. The Bertz CT molecular complexity index is 1060. The van der Waals surface area contributed by atoms with Crippen LogP contribution in [0.2, 0.25) is 0 Å². The Morgan fingerprint density at radius 2 is 1.87 bits per heavy atom. The van der Waals surface area contributed by atoms with Gasteiger partial charge in [0.1, 0.15) is 17.4 Å². The minimum absolute atomic E-state index is 0.238. The summed E-state index contributed by atoms with van der Waals surface area (Å²) in [6, 6.07) is 10.8. The molecule has 0 aliphatic carbocycles. The lowest BCUT2D eigenvalue weighted by Crippen LogP contribution is -2.13. The van der Waals surface area contributed by atoms with Crippen molar-refractivity contribution in [3.05, 3.63) is 77.6 Å². The van der Waals surface area contributed by atoms with Crippen LogP contribution in [0.3, 0.4) is 0 Å². The van der Waals surface area contributed by atoms with Gasteiger partial charge in [0.2, 0.25) is 0 Å². The van der Waals surface area contributed by atoms with E-state index in [9.17, 15) is 13.6 Å². The largest absolute Gasteiger partial charge is 0.493 e. The smallest absolute Gasteiger partial charge is 0.337 e. The number of anilines is 3. The first-order chi connectivity index (χ1) is 14.9. The zero-order valence-electron chi connectivity index (χ0n) is 17.2. The predicted molar refractivity (Wildman–Crippen MR) is 115 cm³/mol. The third-order valence-corrected chi connectivity index (χ3v) is 4.84. The van der Waals surface area contributed by atoms with Crippen LogP contribution in [0.15, 0.2) is 54.9 Å². The summed E-state index contributed by atoms with van der Waals surface area (Å²) in [4.78, 5) is 16.0. The molecule has 162 valence electrons. The van der Waals surface area contributed by atoms with Gasteiger partial charge in [0, 0.05) is 43.8 Å². The second-order valence-electron chi connectivity index (χ2n) is 6.91. The highest BCUT2D eigenvalue weighted by molar-refractivity contribution is 5.93. The zero-order valence-corrected chi connectivity index (χ0v) is 17.2. The van der Waals surface area contributed by atoms with Gasteiger partial charge < -0.3 is 20.1 Å². The summed E-state index contributed by atoms with van der Waals surface area (Å²) in [5.74, 6) is -1.25. The van der Waals surface area contributed by atoms with E-state index in [2.05, 4.69) is 10.3 Å². The lowest BCUT2D eigenvalue weighted by atomic mass is 10.1. The highest BCUT2D eigenvalue weighted by Gasteiger charge is 2.14. The normalized spacial score (nSPS) is 12.0. The fourth-order valence-corrected chi connectivity index (χ4v) is 3.20. The maximum absolute atomic E-state index is 13.3. The van der Waals surface area contributed by atoms with Gasteiger partial charge >= 0.3 is 5.97 Å². The number of benzene rings is 2. The Morgan fingerprint density at radius 1 is 1.13 bits per heavy atom. The van der Waals surface area contributed by atoms with Crippen molar-refractivity contribution in [2.75, 3.05) is 30.9 Å². The number of nitrogens with zero attached hydrogens (tertiary/aromatic N) is 2. The van der Waals surface area contributed by atoms with Crippen LogP contribution in [0.4, 0.5) is 25.8 Å². The molecule has 0 unspecified atom stereocenters. The summed E-state index contributed by atoms with van der Waals surface area (Å²) in [5.41, 5.74) is 3.26. The maximum atomic E-state index is 13.3. The van der Waals surface area contributed by atoms with Crippen molar-refractivity contribution in [1.29, 1.82) is 0 Å². The number of hydrogen-bond acceptors (Lipinski definition) is 5. The molecular formula is C23H23F2N3O3. The van der Waals surface area contributed by atoms with Gasteiger partial charge in [0.05, 0.1) is 24.1 Å². The number of carbonyl (C=O) groups is 1. The van der Waals surface area contributed by atoms with E-state index in [0.29, 0.717) is 11.4 Å². The fraction of sp³-hybridized carbons (Fsp3) is 0.217. The molecule has 6 nitrogen and oxygen atoms in total. The van der Waals surface area contributed by atoms with Gasteiger partial charge in [-0.2, -0.15) is 0 Å². The van der Waals surface area contributed by atoms with E-state index in [1.165, 1.54) is 36.2 Å². The van der Waals surface area contributed by atoms with E-state index in [4.69, 9.17) is 9.84 Å². The Balaban J connectivity index is 0.000000210. The molecule has 31 heavy (non-hydrogen) atoms. The molecule has 3 aromatic rings. The van der Waals surface area contributed by atoms with Crippen molar-refractivity contribution in [3.63, 3.8) is 0 Å². The molecule has 2 heterocycles. The number of rotatable bonds is 4. The van der Waals surface area contributed by atoms with Crippen molar-refractivity contribution in [3.8, 4) is 5.75 Å². The molecule has 0 atom stereocenters. The molecule has 1 aliphatic heterocycles. The standard InChI is InChI=1S/C16H15F2NO.C7H8N2O2/c1-19(15-8-12(17)7-13(18)9-15)14-5-4-11-3-2-6-20-16(11)10-14;1-8-6-4-9-3-2-5(6)7(10)11/h4-5,7-10H,2-3,6H2,1H3;2-4,8H,1H3,(H,10,11). The quantitative estimate of drug-likeness (QED) is 0.618. The molecule has 0 amide bonds. The van der Waals surface area contributed by atoms with Gasteiger partial charge in [0.15, 0.2) is 0 Å². The number of carboxylic acids is 1. The summed E-state index contributed by atoms with van der Waals surface area (Å²) < 4.78 is 32.2. The Hall–Kier alpha value is -3.68. The van der Waals surface area contributed by atoms with Crippen LogP contribution in [0.5, 0.6) is 5.75 Å². The SMILES string of the molecule is CN(c1cc(F)cc(F)c1)c1ccc2c(c1)OCCC2.CNc1cnccc1C(=O)O. The van der Waals surface area contributed by atoms with Crippen LogP contribution < -0.4 is 15.0 Å². The van der Waals surface area contributed by atoms with Gasteiger partial charge in [-0.3, -0.25) is 4.98 Å². The molecule has 0 saturated heterocycles. The van der Waals surface area contributed by atoms with E-state index >= 15 is 0 Å². The first-order valence-electron chi connectivity index (χ1n) is 9.69. The fourth-order valence-electron chi connectivity index (χ4n) is 3.20. The third-order valence-electron chi connectivity index (χ3n) is 4.84. The van der Waals surface area contributed by atoms with E-state index in [-0.39, 0.29) is 5.56 Å². The van der Waals surface area contributed by atoms with Crippen molar-refractivity contribution >= 4 is 23.0 Å². The Labute approximate surface area is 179 Å². The summed E-state index contributed by atoms with van der Waals surface area (Å²) >= 11 is 0. The number of halogens is 2. The van der Waals surface area contributed by atoms with E-state index in [1.807, 2.05) is 18.2 Å². The van der Waals surface area contributed by atoms with Crippen LogP contribution in [0, 0.1) is 11.6 Å². The van der Waals surface area contributed by atoms with Crippen LogP contribution >= 0.6 is 0 Å². The number of aromatic carboxylic acids is 1. The molecule has 0 saturated carbocycles. The van der Waals surface area contributed by atoms with E-state index in [1.54, 1.807) is 19.0 Å². The lowest BCUT2D eigenvalue weighted by molar-refractivity contribution is 0.0698. The molecule has 2 aromatic carbocycles. The molecule has 1 aromatic heterocycles. The number of hydrogen-bond donors (Lipinski definition) is 2. The van der Waals surface area contributed by atoms with Crippen LogP contribution in [0.1, 0.15) is 22.3 Å². The second kappa shape index (κ2) is 9.88. The lowest BCUT2D eigenvalue weighted by Gasteiger charge is -2.23. The Kier molecular flexibility index (Phi) is 7.02. The molecule has 0 bridgehead atoms. The molecule has 0 fully saturated rings. The number of pyridine rings is 1. The number of carboxylic acid groups (broad SMARTS) is 1. The molecule has 1 aliphatic rings. The van der Waals surface area contributed by atoms with Crippen molar-refractivity contribution < 1.29 is 23.4 Å². The van der Waals surface area contributed by atoms with Gasteiger partial charge in [-0.1, -0.05) is 6.07 Å². The number of ether oxygens (including phenoxy) is 1. The second-order valence-corrected chi connectivity index (χ2v) is 6.91. The first-order valence-corrected chi connectivity index (χ1v) is 9.69. The summed E-state index contributed by atoms with van der Waals surface area (Å²) in [7, 11) is 3.43. The van der Waals surface area contributed by atoms with Gasteiger partial charge in [-0.15, -0.1) is 0 Å². The van der Waals surface area contributed by atoms with Gasteiger partial charge in [0.25, 0.3) is 0 Å². The number of aromatic nitrogens is 1. The molecule has 0 spiro atoms. The molecule has 2 N–H and O–H groups in total.